The highest BCUT2D eigenvalue weighted by Crippen LogP contribution is 2.29. The lowest BCUT2D eigenvalue weighted by atomic mass is 9.76. The van der Waals surface area contributed by atoms with Crippen LogP contribution in [0.1, 0.15) is 73.8 Å². The smallest absolute Gasteiger partial charge is 0.326 e. The third kappa shape index (κ3) is 10.4. The Kier molecular flexibility index (Phi) is 13.7. The predicted molar refractivity (Wildman–Crippen MR) is 165 cm³/mol. The van der Waals surface area contributed by atoms with E-state index in [1.54, 1.807) is 32.3 Å². The maximum atomic E-state index is 14.0. The second-order valence-electron chi connectivity index (χ2n) is 13.1. The summed E-state index contributed by atoms with van der Waals surface area (Å²) in [5.41, 5.74) is -0.814. The predicted octanol–water partition coefficient (Wildman–Crippen LogP) is 3.09. The minimum absolute atomic E-state index is 0.147. The number of nitrogens with one attached hydrogen (secondary N) is 3. The van der Waals surface area contributed by atoms with Crippen molar-refractivity contribution in [2.45, 2.75) is 97.8 Å². The standard InChI is InChI=1S/C32H49FN4O7/c1-18(2)23(16-19(3)27(40)35-22(30(43)44)14-15-24(38)39)37(10)29(42)26(31(4,5)6)36-28(41)25(34-9)32(7,8)20-12-11-13-21(33)17-20/h11-13,16-18,22-23,25-26,34H,14-15H2,1-10H3,(H,35,40)(H,36,41)(H,38,39)(H,43,44)/b19-16+/t22-,23-,25-,26?/m1/s1. The molecule has 0 saturated heterocycles. The molecule has 1 aromatic rings. The summed E-state index contributed by atoms with van der Waals surface area (Å²) < 4.78 is 14.0. The Hall–Kier alpha value is -3.80. The molecule has 1 rings (SSSR count). The molecule has 0 saturated carbocycles. The number of hydrogen-bond acceptors (Lipinski definition) is 6. The zero-order valence-electron chi connectivity index (χ0n) is 27.4. The molecule has 44 heavy (non-hydrogen) atoms. The highest BCUT2D eigenvalue weighted by Gasteiger charge is 2.41. The molecule has 11 nitrogen and oxygen atoms in total. The van der Waals surface area contributed by atoms with Crippen molar-refractivity contribution in [3.05, 3.63) is 47.3 Å². The van der Waals surface area contributed by atoms with Crippen LogP contribution in [-0.4, -0.2) is 83.0 Å². The van der Waals surface area contributed by atoms with E-state index < -0.39 is 76.9 Å². The van der Waals surface area contributed by atoms with Gasteiger partial charge in [0.2, 0.25) is 17.7 Å². The number of benzene rings is 1. The molecule has 0 bridgehead atoms. The van der Waals surface area contributed by atoms with Crippen molar-refractivity contribution in [3.8, 4) is 0 Å². The number of rotatable bonds is 15. The summed E-state index contributed by atoms with van der Waals surface area (Å²) >= 11 is 0. The fourth-order valence-electron chi connectivity index (χ4n) is 4.98. The number of carbonyl (C=O) groups is 5. The van der Waals surface area contributed by atoms with E-state index in [1.807, 2.05) is 48.5 Å². The molecular formula is C32H49FN4O7. The van der Waals surface area contributed by atoms with Crippen LogP contribution in [0.5, 0.6) is 0 Å². The lowest BCUT2D eigenvalue weighted by Crippen LogP contribution is -2.61. The molecule has 0 aliphatic rings. The van der Waals surface area contributed by atoms with E-state index in [4.69, 9.17) is 5.11 Å². The molecule has 3 amide bonds. The van der Waals surface area contributed by atoms with Gasteiger partial charge in [0.1, 0.15) is 17.9 Å². The topological polar surface area (TPSA) is 165 Å². The summed E-state index contributed by atoms with van der Waals surface area (Å²) in [5, 5.41) is 26.6. The van der Waals surface area contributed by atoms with Gasteiger partial charge in [0.15, 0.2) is 0 Å². The van der Waals surface area contributed by atoms with Crippen LogP contribution in [-0.2, 0) is 29.4 Å². The fourth-order valence-corrected chi connectivity index (χ4v) is 4.98. The van der Waals surface area contributed by atoms with E-state index in [0.29, 0.717) is 5.56 Å². The van der Waals surface area contributed by atoms with Gasteiger partial charge in [-0.15, -0.1) is 0 Å². The van der Waals surface area contributed by atoms with Crippen molar-refractivity contribution in [1.29, 1.82) is 0 Å². The summed E-state index contributed by atoms with van der Waals surface area (Å²) in [4.78, 5) is 64.4. The highest BCUT2D eigenvalue weighted by atomic mass is 19.1. The third-order valence-electron chi connectivity index (χ3n) is 7.75. The van der Waals surface area contributed by atoms with E-state index in [1.165, 1.54) is 24.0 Å². The zero-order valence-corrected chi connectivity index (χ0v) is 27.4. The Bertz CT molecular complexity index is 1240. The van der Waals surface area contributed by atoms with Crippen LogP contribution in [0, 0.1) is 17.2 Å². The van der Waals surface area contributed by atoms with Gasteiger partial charge in [-0.05, 0) is 49.4 Å². The van der Waals surface area contributed by atoms with Gasteiger partial charge in [-0.1, -0.05) is 66.7 Å². The molecule has 0 aromatic heterocycles. The van der Waals surface area contributed by atoms with Crippen LogP contribution < -0.4 is 16.0 Å². The van der Waals surface area contributed by atoms with E-state index in [9.17, 15) is 33.5 Å². The molecular weight excluding hydrogens is 571 g/mol. The molecule has 5 N–H and O–H groups in total. The third-order valence-corrected chi connectivity index (χ3v) is 7.75. The molecule has 1 aromatic carbocycles. The Morgan fingerprint density at radius 1 is 1.00 bits per heavy atom. The Labute approximate surface area is 259 Å². The van der Waals surface area contributed by atoms with Crippen LogP contribution in [0.4, 0.5) is 4.39 Å². The van der Waals surface area contributed by atoms with Crippen LogP contribution >= 0.6 is 0 Å². The SMILES string of the molecule is CN[C@H](C(=O)NC(C(=O)N(C)[C@H](/C=C(\C)C(=O)N[C@H](CCC(=O)O)C(=O)O)C(C)C)C(C)(C)C)C(C)(C)c1cccc(F)c1. The van der Waals surface area contributed by atoms with Gasteiger partial charge >= 0.3 is 11.9 Å². The minimum Gasteiger partial charge on any atom is -0.481 e. The van der Waals surface area contributed by atoms with Gasteiger partial charge in [-0.3, -0.25) is 19.2 Å². The van der Waals surface area contributed by atoms with Crippen molar-refractivity contribution < 1.29 is 38.6 Å². The Balaban J connectivity index is 3.30. The van der Waals surface area contributed by atoms with Gasteiger partial charge in [-0.2, -0.15) is 0 Å². The minimum atomic E-state index is -1.39. The number of nitrogens with zero attached hydrogens (tertiary/aromatic N) is 1. The summed E-state index contributed by atoms with van der Waals surface area (Å²) in [6.45, 7) is 14.3. The average Bonchev–Trinajstić information content (AvgIpc) is 2.90. The molecule has 0 aliphatic carbocycles. The summed E-state index contributed by atoms with van der Waals surface area (Å²) in [6, 6.07) is 2.22. The summed E-state index contributed by atoms with van der Waals surface area (Å²) in [7, 11) is 3.19. The molecule has 4 atom stereocenters. The number of likely N-dealkylation sites (N-methyl/N-ethyl adjacent to an activating group) is 2. The lowest BCUT2D eigenvalue weighted by molar-refractivity contribution is -0.142. The fraction of sp³-hybridized carbons (Fsp3) is 0.594. The van der Waals surface area contributed by atoms with Crippen LogP contribution in [0.25, 0.3) is 0 Å². The van der Waals surface area contributed by atoms with Gasteiger partial charge in [0.05, 0.1) is 12.1 Å². The van der Waals surface area contributed by atoms with E-state index in [2.05, 4.69) is 16.0 Å². The average molecular weight is 621 g/mol. The number of carboxylic acid groups (broad SMARTS) is 2. The lowest BCUT2D eigenvalue weighted by Gasteiger charge is -2.40. The maximum absolute atomic E-state index is 14.0. The molecule has 1 unspecified atom stereocenters. The van der Waals surface area contributed by atoms with Gasteiger partial charge < -0.3 is 31.1 Å². The first-order chi connectivity index (χ1) is 20.1. The molecule has 0 spiro atoms. The number of amides is 3. The molecule has 0 heterocycles. The van der Waals surface area contributed by atoms with Crippen LogP contribution in [0.2, 0.25) is 0 Å². The first-order valence-electron chi connectivity index (χ1n) is 14.6. The second-order valence-corrected chi connectivity index (χ2v) is 13.1. The van der Waals surface area contributed by atoms with Crippen molar-refractivity contribution in [2.24, 2.45) is 11.3 Å². The first-order valence-corrected chi connectivity index (χ1v) is 14.6. The molecule has 12 heteroatoms. The number of carbonyl (C=O) groups excluding carboxylic acids is 3. The van der Waals surface area contributed by atoms with Crippen molar-refractivity contribution in [2.75, 3.05) is 14.1 Å². The number of carboxylic acids is 2. The molecule has 246 valence electrons. The van der Waals surface area contributed by atoms with Gasteiger partial charge in [0, 0.05) is 24.5 Å². The Morgan fingerprint density at radius 2 is 1.59 bits per heavy atom. The molecule has 0 fully saturated rings. The number of aliphatic carboxylic acids is 2. The van der Waals surface area contributed by atoms with Crippen molar-refractivity contribution in [3.63, 3.8) is 0 Å². The van der Waals surface area contributed by atoms with Crippen LogP contribution in [0.15, 0.2) is 35.9 Å². The maximum Gasteiger partial charge on any atom is 0.326 e. The van der Waals surface area contributed by atoms with Crippen LogP contribution in [0.3, 0.4) is 0 Å². The Morgan fingerprint density at radius 3 is 2.05 bits per heavy atom. The number of halogens is 1. The monoisotopic (exact) mass is 620 g/mol. The summed E-state index contributed by atoms with van der Waals surface area (Å²) in [5.74, 6) is -4.70. The highest BCUT2D eigenvalue weighted by molar-refractivity contribution is 5.96. The largest absolute Gasteiger partial charge is 0.481 e. The van der Waals surface area contributed by atoms with Crippen molar-refractivity contribution in [1.82, 2.24) is 20.9 Å². The molecule has 0 radical (unpaired) electrons. The number of hydrogen-bond donors (Lipinski definition) is 5. The van der Waals surface area contributed by atoms with Gasteiger partial charge in [0.25, 0.3) is 0 Å². The van der Waals surface area contributed by atoms with Gasteiger partial charge in [-0.25, -0.2) is 9.18 Å². The van der Waals surface area contributed by atoms with E-state index in [0.717, 1.165) is 0 Å². The van der Waals surface area contributed by atoms with E-state index in [-0.39, 0.29) is 17.9 Å². The molecule has 0 aliphatic heterocycles. The normalized spacial score (nSPS) is 15.1. The van der Waals surface area contributed by atoms with Crippen molar-refractivity contribution >= 4 is 29.7 Å². The second kappa shape index (κ2) is 15.8. The zero-order chi connectivity index (χ0) is 34.2. The first kappa shape index (κ1) is 38.2. The summed E-state index contributed by atoms with van der Waals surface area (Å²) in [6.07, 6.45) is 0.838. The van der Waals surface area contributed by atoms with E-state index >= 15 is 0 Å². The quantitative estimate of drug-likeness (QED) is 0.187.